The maximum absolute atomic E-state index is 7.37. The Balaban J connectivity index is 1.22. The van der Waals surface area contributed by atoms with Gasteiger partial charge in [0.05, 0.1) is 28.1 Å². The number of hydrogen-bond donors (Lipinski definition) is 0. The first-order chi connectivity index (χ1) is 34.6. The van der Waals surface area contributed by atoms with Gasteiger partial charge >= 0.3 is 0 Å². The molecule has 0 unspecified atom stereocenters. The Morgan fingerprint density at radius 1 is 0.466 bits per heavy atom. The van der Waals surface area contributed by atoms with Crippen LogP contribution in [-0.2, 0) is 27.1 Å². The predicted molar refractivity (Wildman–Crippen MR) is 303 cm³/mol. The number of imidazole rings is 1. The van der Waals surface area contributed by atoms with Crippen molar-refractivity contribution in [2.24, 2.45) is 0 Å². The topological polar surface area (TPSA) is 35.9 Å². The van der Waals surface area contributed by atoms with Crippen molar-refractivity contribution < 1.29 is 9.30 Å². The lowest BCUT2D eigenvalue weighted by Crippen LogP contribution is -2.29. The molecule has 10 aromatic rings. The SMILES string of the molecule is CC(C)(C)c1cc(-c2ccccc2)cc(-[n+]2[c-]n(-c3cc(Oc4cc(C(C)(C)C)c5c6ccccc6n(-c6cc(C(C)(C)C)ccn6)c5c4)cc(C(C)(C)c4ccccc4)c3)c(C(C)(C)c3ccccc3)c2)c1. The molecule has 0 bridgehead atoms. The Hall–Kier alpha value is -7.50. The molecule has 5 nitrogen and oxygen atoms in total. The number of aromatic nitrogens is 4. The van der Waals surface area contributed by atoms with Crippen molar-refractivity contribution in [3.05, 3.63) is 234 Å². The van der Waals surface area contributed by atoms with Gasteiger partial charge in [-0.2, -0.15) is 0 Å². The zero-order chi connectivity index (χ0) is 51.7. The number of hydrogen-bond acceptors (Lipinski definition) is 2. The molecule has 0 spiro atoms. The number of rotatable bonds is 10. The van der Waals surface area contributed by atoms with Crippen molar-refractivity contribution in [3.63, 3.8) is 0 Å². The second-order valence-electron chi connectivity index (χ2n) is 24.1. The minimum Gasteiger partial charge on any atom is -0.458 e. The number of benzene rings is 7. The van der Waals surface area contributed by atoms with Gasteiger partial charge in [-0.05, 0) is 115 Å². The highest BCUT2D eigenvalue weighted by atomic mass is 16.5. The number of para-hydroxylation sites is 1. The zero-order valence-electron chi connectivity index (χ0n) is 45.1. The molecule has 0 aliphatic rings. The van der Waals surface area contributed by atoms with Gasteiger partial charge in [0.25, 0.3) is 6.33 Å². The third kappa shape index (κ3) is 9.43. The molecule has 0 aliphatic heterocycles. The van der Waals surface area contributed by atoms with Crippen LogP contribution in [0.15, 0.2) is 188 Å². The maximum Gasteiger partial charge on any atom is 0.269 e. The van der Waals surface area contributed by atoms with Crippen molar-refractivity contribution in [3.8, 4) is 39.8 Å². The molecule has 5 heteroatoms. The Labute approximate surface area is 433 Å². The average molecular weight is 959 g/mol. The molecular formula is C68H70N4O. The zero-order valence-corrected chi connectivity index (χ0v) is 45.1. The highest BCUT2D eigenvalue weighted by molar-refractivity contribution is 6.11. The van der Waals surface area contributed by atoms with E-state index in [1.807, 2.05) is 6.20 Å². The lowest BCUT2D eigenvalue weighted by Gasteiger charge is -2.29. The van der Waals surface area contributed by atoms with E-state index in [1.165, 1.54) is 49.7 Å². The summed E-state index contributed by atoms with van der Waals surface area (Å²) in [5, 5.41) is 2.41. The first-order valence-electron chi connectivity index (χ1n) is 25.9. The van der Waals surface area contributed by atoms with Crippen molar-refractivity contribution in [1.29, 1.82) is 0 Å². The van der Waals surface area contributed by atoms with Crippen molar-refractivity contribution in [2.75, 3.05) is 0 Å². The first-order valence-corrected chi connectivity index (χ1v) is 25.9. The number of nitrogens with zero attached hydrogens (tertiary/aromatic N) is 4. The van der Waals surface area contributed by atoms with Crippen LogP contribution >= 0.6 is 0 Å². The fraction of sp³-hybridized carbons (Fsp3) is 0.265. The van der Waals surface area contributed by atoms with E-state index in [9.17, 15) is 0 Å². The fourth-order valence-corrected chi connectivity index (χ4v) is 10.4. The van der Waals surface area contributed by atoms with E-state index in [2.05, 4.69) is 292 Å². The summed E-state index contributed by atoms with van der Waals surface area (Å²) >= 11 is 0. The summed E-state index contributed by atoms with van der Waals surface area (Å²) in [7, 11) is 0. The van der Waals surface area contributed by atoms with Crippen LogP contribution in [0.25, 0.3) is 50.1 Å². The molecule has 3 aromatic heterocycles. The van der Waals surface area contributed by atoms with Crippen LogP contribution in [0.3, 0.4) is 0 Å². The molecule has 7 aromatic carbocycles. The van der Waals surface area contributed by atoms with Crippen LogP contribution < -0.4 is 9.30 Å². The number of fused-ring (bicyclic) bond motifs is 3. The Morgan fingerprint density at radius 3 is 1.71 bits per heavy atom. The molecule has 0 N–H and O–H groups in total. The predicted octanol–water partition coefficient (Wildman–Crippen LogP) is 17.0. The molecule has 0 saturated carbocycles. The molecule has 0 amide bonds. The molecule has 0 aliphatic carbocycles. The van der Waals surface area contributed by atoms with Crippen LogP contribution in [0, 0.1) is 6.33 Å². The largest absolute Gasteiger partial charge is 0.458 e. The monoisotopic (exact) mass is 959 g/mol. The van der Waals surface area contributed by atoms with E-state index in [0.29, 0.717) is 0 Å². The molecule has 3 heterocycles. The van der Waals surface area contributed by atoms with Gasteiger partial charge in [0.2, 0.25) is 0 Å². The van der Waals surface area contributed by atoms with E-state index >= 15 is 0 Å². The lowest BCUT2D eigenvalue weighted by atomic mass is 9.78. The van der Waals surface area contributed by atoms with Crippen LogP contribution in [0.5, 0.6) is 11.5 Å². The summed E-state index contributed by atoms with van der Waals surface area (Å²) in [4.78, 5) is 5.04. The van der Waals surface area contributed by atoms with Crippen molar-refractivity contribution in [1.82, 2.24) is 14.1 Å². The maximum atomic E-state index is 7.37. The van der Waals surface area contributed by atoms with E-state index in [0.717, 1.165) is 51.0 Å². The minimum absolute atomic E-state index is 0.0499. The second kappa shape index (κ2) is 18.2. The standard InChI is InChI=1S/C68H70N4O/c1-64(2,3)50-33-34-69-62(40-50)72-59-32-24-23-31-57(59)63-58(66(7,8)9)42-56(43-60(63)72)73-55-39-52(67(10,11)48-27-19-15-20-28-48)38-54(41-55)71-45-70(44-61(71)68(12,13)49-29-21-16-22-30-49)53-36-47(46-25-17-14-18-26-46)35-51(37-53)65(4,5)6/h14-44H,1-13H3. The molecule has 368 valence electrons. The van der Waals surface area contributed by atoms with E-state index < -0.39 is 10.8 Å². The summed E-state index contributed by atoms with van der Waals surface area (Å²) in [6, 6.07) is 63.6. The van der Waals surface area contributed by atoms with Gasteiger partial charge in [0.1, 0.15) is 17.3 Å². The Bertz CT molecular complexity index is 3630. The van der Waals surface area contributed by atoms with Gasteiger partial charge < -0.3 is 4.74 Å². The van der Waals surface area contributed by atoms with Crippen LogP contribution in [0.1, 0.15) is 129 Å². The number of pyridine rings is 1. The highest BCUT2D eigenvalue weighted by Crippen LogP contribution is 2.44. The molecular weight excluding hydrogens is 889 g/mol. The fourth-order valence-electron chi connectivity index (χ4n) is 10.4. The van der Waals surface area contributed by atoms with Gasteiger partial charge in [-0.15, -0.1) is 0 Å². The Morgan fingerprint density at radius 2 is 1.07 bits per heavy atom. The highest BCUT2D eigenvalue weighted by Gasteiger charge is 2.32. The summed E-state index contributed by atoms with van der Waals surface area (Å²) < 4.78 is 14.2. The van der Waals surface area contributed by atoms with Gasteiger partial charge in [-0.1, -0.05) is 205 Å². The van der Waals surface area contributed by atoms with E-state index in [4.69, 9.17) is 9.72 Å². The van der Waals surface area contributed by atoms with Gasteiger partial charge in [0.15, 0.2) is 0 Å². The summed E-state index contributed by atoms with van der Waals surface area (Å²) in [6.45, 7) is 29.8. The molecule has 0 fully saturated rings. The molecule has 10 rings (SSSR count). The smallest absolute Gasteiger partial charge is 0.269 e. The quantitative estimate of drug-likeness (QED) is 0.101. The van der Waals surface area contributed by atoms with E-state index in [1.54, 1.807) is 0 Å². The lowest BCUT2D eigenvalue weighted by molar-refractivity contribution is -0.599. The van der Waals surface area contributed by atoms with Gasteiger partial charge in [-0.3, -0.25) is 13.7 Å². The molecule has 0 radical (unpaired) electrons. The van der Waals surface area contributed by atoms with E-state index in [-0.39, 0.29) is 16.2 Å². The van der Waals surface area contributed by atoms with Crippen LogP contribution in [0.2, 0.25) is 0 Å². The van der Waals surface area contributed by atoms with Crippen molar-refractivity contribution >= 4 is 21.8 Å². The first kappa shape index (κ1) is 49.1. The van der Waals surface area contributed by atoms with Crippen molar-refractivity contribution in [2.45, 2.75) is 117 Å². The molecule has 0 saturated heterocycles. The number of ether oxygens (including phenoxy) is 1. The minimum atomic E-state index is -0.433. The average Bonchev–Trinajstić information content (AvgIpc) is 3.97. The van der Waals surface area contributed by atoms with Gasteiger partial charge in [-0.25, -0.2) is 4.98 Å². The third-order valence-electron chi connectivity index (χ3n) is 15.0. The third-order valence-corrected chi connectivity index (χ3v) is 15.0. The second-order valence-corrected chi connectivity index (χ2v) is 24.1. The summed E-state index contributed by atoms with van der Waals surface area (Å²) in [6.07, 6.45) is 8.16. The summed E-state index contributed by atoms with van der Waals surface area (Å²) in [5.74, 6) is 2.39. The van der Waals surface area contributed by atoms with Gasteiger partial charge in [0, 0.05) is 40.1 Å². The van der Waals surface area contributed by atoms with Crippen LogP contribution in [0.4, 0.5) is 0 Å². The Kier molecular flexibility index (Phi) is 12.2. The summed E-state index contributed by atoms with van der Waals surface area (Å²) in [5.41, 5.74) is 13.7. The molecule has 73 heavy (non-hydrogen) atoms. The van der Waals surface area contributed by atoms with Crippen LogP contribution in [-0.4, -0.2) is 14.1 Å². The normalized spacial score (nSPS) is 12.7. The molecule has 0 atom stereocenters.